The standard InChI is InChI=1S/C45H58N10O8.C2HF3O2/c1-4-14-32(39(57)44(62)49-27-36(56)53-38(45(63)55(2)3)30-19-12-7-13-20-30)50-40(58)31-24-47-25-34(31)52-41(59)33(23-28-15-8-5-9-16-28)51-43(61)37(29-17-10-6-11-18-29)54-42(60)35-26-46-21-22-48-35;3-2(4,5)1(6)7/h5,7-9,12-13,15-16,19-22,26,29,31-34,37-38,47H,4,6,10-11,14,17-18,23-25,27H2,1-3H3,(H,49,62)(H,50,58)(H,51,61)(H,52,59)(H,53,56)(H,54,60);(H,6,7)/t31-,32+,33+,34+,37+,38+;/m1./s1. The van der Waals surface area contributed by atoms with E-state index in [9.17, 15) is 51.5 Å². The summed E-state index contributed by atoms with van der Waals surface area (Å²) >= 11 is 0. The van der Waals surface area contributed by atoms with Gasteiger partial charge in [-0.2, -0.15) is 13.2 Å². The van der Waals surface area contributed by atoms with Crippen molar-refractivity contribution in [1.29, 1.82) is 0 Å². The monoisotopic (exact) mass is 980 g/mol. The van der Waals surface area contributed by atoms with Gasteiger partial charge in [0.2, 0.25) is 35.3 Å². The first-order valence-corrected chi connectivity index (χ1v) is 22.7. The van der Waals surface area contributed by atoms with Crippen molar-refractivity contribution in [2.75, 3.05) is 33.7 Å². The van der Waals surface area contributed by atoms with Crippen LogP contribution in [0.3, 0.4) is 0 Å². The lowest BCUT2D eigenvalue weighted by Crippen LogP contribution is -2.59. The fourth-order valence-corrected chi connectivity index (χ4v) is 7.85. The van der Waals surface area contributed by atoms with Crippen molar-refractivity contribution in [2.24, 2.45) is 11.8 Å². The Hall–Kier alpha value is -7.30. The minimum absolute atomic E-state index is 0.0563. The van der Waals surface area contributed by atoms with Gasteiger partial charge in [0, 0.05) is 46.0 Å². The maximum absolute atomic E-state index is 14.2. The van der Waals surface area contributed by atoms with Crippen molar-refractivity contribution in [3.63, 3.8) is 0 Å². The van der Waals surface area contributed by atoms with E-state index < -0.39 is 96.0 Å². The SMILES string of the molecule is CCC[C@H](NC(=O)[C@@H]1CNC[C@@H]1NC(=O)[C@H](Cc1ccccc1)NC(=O)[C@@H](NC(=O)c1cnccn1)C1CCCCC1)C(=O)C(=O)NCC(=O)N[C@H](C(=O)N(C)C)c1ccccc1.O=C(O)C(F)(F)F. The molecule has 1 saturated carbocycles. The molecule has 6 atom stereocenters. The highest BCUT2D eigenvalue weighted by Crippen LogP contribution is 2.27. The van der Waals surface area contributed by atoms with Crippen molar-refractivity contribution in [1.82, 2.24) is 52.1 Å². The van der Waals surface area contributed by atoms with Crippen molar-refractivity contribution in [3.8, 4) is 0 Å². The van der Waals surface area contributed by atoms with Crippen LogP contribution in [0.5, 0.6) is 0 Å². The number of carbonyl (C=O) groups is 9. The number of alkyl halides is 3. The van der Waals surface area contributed by atoms with Gasteiger partial charge in [-0.1, -0.05) is 93.3 Å². The Kier molecular flexibility index (Phi) is 21.4. The number of aromatic nitrogens is 2. The number of hydrogen-bond acceptors (Lipinski definition) is 12. The number of likely N-dealkylation sites (N-methyl/N-ethyl adjacent to an activating group) is 1. The van der Waals surface area contributed by atoms with Gasteiger partial charge < -0.3 is 47.2 Å². The molecule has 8 N–H and O–H groups in total. The number of nitrogens with zero attached hydrogens (tertiary/aromatic N) is 3. The van der Waals surface area contributed by atoms with Gasteiger partial charge in [0.15, 0.2) is 0 Å². The fourth-order valence-electron chi connectivity index (χ4n) is 7.85. The quantitative estimate of drug-likeness (QED) is 0.0739. The van der Waals surface area contributed by atoms with E-state index >= 15 is 0 Å². The van der Waals surface area contributed by atoms with Gasteiger partial charge in [-0.3, -0.25) is 43.3 Å². The first-order chi connectivity index (χ1) is 33.3. The highest BCUT2D eigenvalue weighted by atomic mass is 19.4. The maximum atomic E-state index is 14.2. The van der Waals surface area contributed by atoms with E-state index in [4.69, 9.17) is 9.90 Å². The third-order valence-corrected chi connectivity index (χ3v) is 11.5. The molecule has 378 valence electrons. The Bertz CT molecular complexity index is 2270. The first-order valence-electron chi connectivity index (χ1n) is 22.7. The molecule has 20 nitrogen and oxygen atoms in total. The molecule has 2 aromatic carbocycles. The van der Waals surface area contributed by atoms with Crippen LogP contribution in [0, 0.1) is 11.8 Å². The van der Waals surface area contributed by atoms with Crippen LogP contribution in [0.4, 0.5) is 13.2 Å². The number of benzene rings is 2. The molecule has 5 rings (SSSR count). The van der Waals surface area contributed by atoms with Crippen LogP contribution in [0.1, 0.15) is 79.5 Å². The molecule has 1 aromatic heterocycles. The second-order valence-corrected chi connectivity index (χ2v) is 16.9. The van der Waals surface area contributed by atoms with Crippen LogP contribution in [-0.2, 0) is 44.8 Å². The molecule has 3 aromatic rings. The second-order valence-electron chi connectivity index (χ2n) is 16.9. The van der Waals surface area contributed by atoms with Gasteiger partial charge in [-0.15, -0.1) is 0 Å². The summed E-state index contributed by atoms with van der Waals surface area (Å²) in [5.74, 6) is -9.14. The van der Waals surface area contributed by atoms with Crippen LogP contribution in [0.25, 0.3) is 0 Å². The predicted octanol–water partition coefficient (Wildman–Crippen LogP) is 1.14. The molecule has 2 heterocycles. The highest BCUT2D eigenvalue weighted by molar-refractivity contribution is 6.38. The molecule has 0 radical (unpaired) electrons. The number of rotatable bonds is 20. The summed E-state index contributed by atoms with van der Waals surface area (Å²) in [6.07, 6.45) is 3.96. The summed E-state index contributed by atoms with van der Waals surface area (Å²) in [4.78, 5) is 126. The lowest BCUT2D eigenvalue weighted by Gasteiger charge is -2.31. The molecule has 0 unspecified atom stereocenters. The average molecular weight is 981 g/mol. The molecule has 1 aliphatic carbocycles. The molecular formula is C47H59F3N10O10. The first kappa shape index (κ1) is 55.3. The van der Waals surface area contributed by atoms with E-state index in [1.807, 2.05) is 30.3 Å². The van der Waals surface area contributed by atoms with Crippen LogP contribution < -0.4 is 37.2 Å². The van der Waals surface area contributed by atoms with E-state index in [0.29, 0.717) is 24.8 Å². The van der Waals surface area contributed by atoms with Crippen LogP contribution >= 0.6 is 0 Å². The number of halogens is 3. The average Bonchev–Trinajstić information content (AvgIpc) is 3.82. The molecular weight excluding hydrogens is 922 g/mol. The maximum Gasteiger partial charge on any atom is 0.490 e. The number of amides is 7. The zero-order valence-corrected chi connectivity index (χ0v) is 38.9. The van der Waals surface area contributed by atoms with E-state index in [1.54, 1.807) is 51.4 Å². The molecule has 2 aliphatic rings. The van der Waals surface area contributed by atoms with Gasteiger partial charge in [-0.25, -0.2) is 9.78 Å². The summed E-state index contributed by atoms with van der Waals surface area (Å²) in [7, 11) is 3.10. The summed E-state index contributed by atoms with van der Waals surface area (Å²) in [6, 6.07) is 12.7. The normalized spacial score (nSPS) is 17.3. The zero-order valence-electron chi connectivity index (χ0n) is 38.9. The topological polar surface area (TPSA) is 287 Å². The molecule has 70 heavy (non-hydrogen) atoms. The van der Waals surface area contributed by atoms with Gasteiger partial charge in [0.05, 0.1) is 30.7 Å². The largest absolute Gasteiger partial charge is 0.490 e. The second kappa shape index (κ2) is 27.0. The number of nitrogens with one attached hydrogen (secondary N) is 7. The lowest BCUT2D eigenvalue weighted by molar-refractivity contribution is -0.192. The number of carbonyl (C=O) groups excluding carboxylic acids is 8. The summed E-state index contributed by atoms with van der Waals surface area (Å²) in [5.41, 5.74) is 1.36. The summed E-state index contributed by atoms with van der Waals surface area (Å²) in [5, 5.41) is 26.5. The minimum atomic E-state index is -5.08. The van der Waals surface area contributed by atoms with Gasteiger partial charge in [-0.05, 0) is 36.3 Å². The molecule has 23 heteroatoms. The van der Waals surface area contributed by atoms with Crippen molar-refractivity contribution in [3.05, 3.63) is 96.1 Å². The predicted molar refractivity (Wildman–Crippen MR) is 245 cm³/mol. The van der Waals surface area contributed by atoms with E-state index in [-0.39, 0.29) is 43.5 Å². The highest BCUT2D eigenvalue weighted by Gasteiger charge is 2.40. The Labute approximate surface area is 402 Å². The van der Waals surface area contributed by atoms with Crippen molar-refractivity contribution in [2.45, 2.75) is 94.7 Å². The van der Waals surface area contributed by atoms with E-state index in [0.717, 1.165) is 24.8 Å². The smallest absolute Gasteiger partial charge is 0.475 e. The molecule has 1 saturated heterocycles. The molecule has 1 aliphatic heterocycles. The number of carboxylic acid groups (broad SMARTS) is 1. The molecule has 0 spiro atoms. The third kappa shape index (κ3) is 17.0. The number of ketones is 1. The Balaban J connectivity index is 0.00000141. The Morgan fingerprint density at radius 3 is 2.04 bits per heavy atom. The van der Waals surface area contributed by atoms with Gasteiger partial charge in [0.1, 0.15) is 23.8 Å². The van der Waals surface area contributed by atoms with Gasteiger partial charge in [0.25, 0.3) is 11.8 Å². The lowest BCUT2D eigenvalue weighted by atomic mass is 9.83. The Morgan fingerprint density at radius 1 is 0.814 bits per heavy atom. The van der Waals surface area contributed by atoms with Crippen LogP contribution in [0.15, 0.2) is 79.3 Å². The minimum Gasteiger partial charge on any atom is -0.475 e. The van der Waals surface area contributed by atoms with E-state index in [1.165, 1.54) is 23.5 Å². The summed E-state index contributed by atoms with van der Waals surface area (Å²) in [6.45, 7) is 1.54. The van der Waals surface area contributed by atoms with Gasteiger partial charge >= 0.3 is 12.1 Å². The number of Topliss-reactive ketones (excluding diaryl/α,β-unsaturated/α-hetero) is 1. The fraction of sp³-hybridized carbons (Fsp3) is 0.468. The molecule has 7 amide bonds. The number of aliphatic carboxylic acids is 1. The zero-order chi connectivity index (χ0) is 51.4. The Morgan fingerprint density at radius 2 is 1.46 bits per heavy atom. The van der Waals surface area contributed by atoms with Crippen molar-refractivity contribution >= 4 is 53.1 Å². The molecule has 0 bridgehead atoms. The van der Waals surface area contributed by atoms with Crippen LogP contribution in [0.2, 0.25) is 0 Å². The number of carboxylic acids is 1. The number of hydrogen-bond donors (Lipinski definition) is 8. The van der Waals surface area contributed by atoms with E-state index in [2.05, 4.69) is 47.2 Å². The van der Waals surface area contributed by atoms with Crippen LogP contribution in [-0.4, -0.2) is 137 Å². The van der Waals surface area contributed by atoms with Crippen molar-refractivity contribution < 1.29 is 61.4 Å². The summed E-state index contributed by atoms with van der Waals surface area (Å²) < 4.78 is 31.7. The molecule has 2 fully saturated rings. The third-order valence-electron chi connectivity index (χ3n) is 11.5.